The summed E-state index contributed by atoms with van der Waals surface area (Å²) in [5, 5.41) is 4.86. The number of benzene rings is 1. The summed E-state index contributed by atoms with van der Waals surface area (Å²) in [6.07, 6.45) is 0. The smallest absolute Gasteiger partial charge is 0.313 e. The Balaban J connectivity index is 1.94. The summed E-state index contributed by atoms with van der Waals surface area (Å²) < 4.78 is 17.9. The van der Waals surface area contributed by atoms with Crippen molar-refractivity contribution in [3.63, 3.8) is 0 Å². The highest BCUT2D eigenvalue weighted by Gasteiger charge is 2.14. The lowest BCUT2D eigenvalue weighted by molar-refractivity contribution is -0.136. The van der Waals surface area contributed by atoms with E-state index in [-0.39, 0.29) is 6.54 Å². The first-order valence-electron chi connectivity index (χ1n) is 6.85. The van der Waals surface area contributed by atoms with E-state index in [1.54, 1.807) is 12.1 Å². The molecule has 2 rings (SSSR count). The van der Waals surface area contributed by atoms with Gasteiger partial charge in [0.2, 0.25) is 5.88 Å². The van der Waals surface area contributed by atoms with Crippen LogP contribution in [0.4, 0.5) is 10.1 Å². The van der Waals surface area contributed by atoms with Crippen molar-refractivity contribution in [2.24, 2.45) is 0 Å². The topological polar surface area (TPSA) is 80.3 Å². The molecule has 7 heteroatoms. The standard InChI is InChI=1S/C16H16FN3O3/c1-10-3-4-11(16(19-10)23-2)9-18-14(21)15(22)20-13-7-5-12(17)6-8-13/h3-8H,9H2,1-2H3,(H,18,21)(H,20,22). The molecule has 23 heavy (non-hydrogen) atoms. The molecule has 0 saturated heterocycles. The monoisotopic (exact) mass is 317 g/mol. The van der Waals surface area contributed by atoms with Gasteiger partial charge in [-0.1, -0.05) is 6.07 Å². The maximum atomic E-state index is 12.8. The number of aromatic nitrogens is 1. The molecule has 0 unspecified atom stereocenters. The summed E-state index contributed by atoms with van der Waals surface area (Å²) >= 11 is 0. The third-order valence-corrected chi connectivity index (χ3v) is 3.02. The summed E-state index contributed by atoms with van der Waals surface area (Å²) in [6, 6.07) is 8.66. The van der Waals surface area contributed by atoms with Crippen molar-refractivity contribution in [1.82, 2.24) is 10.3 Å². The quantitative estimate of drug-likeness (QED) is 0.843. The molecule has 0 atom stereocenters. The van der Waals surface area contributed by atoms with Gasteiger partial charge in [0, 0.05) is 23.5 Å². The first kappa shape index (κ1) is 16.4. The Kier molecular flexibility index (Phi) is 5.24. The van der Waals surface area contributed by atoms with Gasteiger partial charge in [0.15, 0.2) is 0 Å². The molecule has 0 saturated carbocycles. The number of nitrogens with zero attached hydrogens (tertiary/aromatic N) is 1. The van der Waals surface area contributed by atoms with Gasteiger partial charge in [-0.2, -0.15) is 0 Å². The van der Waals surface area contributed by atoms with Crippen LogP contribution in [0.1, 0.15) is 11.3 Å². The van der Waals surface area contributed by atoms with Crippen LogP contribution in [0.5, 0.6) is 5.88 Å². The number of nitrogens with one attached hydrogen (secondary N) is 2. The van der Waals surface area contributed by atoms with Crippen LogP contribution in [0.15, 0.2) is 36.4 Å². The molecule has 0 fully saturated rings. The fraction of sp³-hybridized carbons (Fsp3) is 0.188. The number of anilines is 1. The highest BCUT2D eigenvalue weighted by Crippen LogP contribution is 2.15. The third kappa shape index (κ3) is 4.50. The lowest BCUT2D eigenvalue weighted by Crippen LogP contribution is -2.35. The van der Waals surface area contributed by atoms with E-state index in [0.717, 1.165) is 5.69 Å². The molecule has 0 radical (unpaired) electrons. The van der Waals surface area contributed by atoms with Crippen LogP contribution < -0.4 is 15.4 Å². The number of pyridine rings is 1. The van der Waals surface area contributed by atoms with E-state index in [1.165, 1.54) is 31.4 Å². The predicted octanol–water partition coefficient (Wildman–Crippen LogP) is 1.79. The fourth-order valence-corrected chi connectivity index (χ4v) is 1.85. The number of hydrogen-bond donors (Lipinski definition) is 2. The molecule has 0 aliphatic carbocycles. The van der Waals surface area contributed by atoms with Gasteiger partial charge in [0.25, 0.3) is 0 Å². The first-order chi connectivity index (χ1) is 11.0. The number of aryl methyl sites for hydroxylation is 1. The van der Waals surface area contributed by atoms with Crippen molar-refractivity contribution in [3.8, 4) is 5.88 Å². The van der Waals surface area contributed by atoms with Crippen LogP contribution in [0.25, 0.3) is 0 Å². The Morgan fingerprint density at radius 3 is 2.48 bits per heavy atom. The zero-order valence-corrected chi connectivity index (χ0v) is 12.7. The maximum absolute atomic E-state index is 12.8. The van der Waals surface area contributed by atoms with Crippen molar-refractivity contribution < 1.29 is 18.7 Å². The van der Waals surface area contributed by atoms with Crippen LogP contribution in [0, 0.1) is 12.7 Å². The lowest BCUT2D eigenvalue weighted by atomic mass is 10.2. The van der Waals surface area contributed by atoms with Gasteiger partial charge in [0.05, 0.1) is 7.11 Å². The van der Waals surface area contributed by atoms with E-state index in [2.05, 4.69) is 15.6 Å². The van der Waals surface area contributed by atoms with E-state index in [4.69, 9.17) is 4.74 Å². The van der Waals surface area contributed by atoms with Crippen LogP contribution >= 0.6 is 0 Å². The molecule has 2 aromatic rings. The highest BCUT2D eigenvalue weighted by molar-refractivity contribution is 6.39. The second-order valence-electron chi connectivity index (χ2n) is 4.76. The van der Waals surface area contributed by atoms with E-state index in [0.29, 0.717) is 17.1 Å². The number of carbonyl (C=O) groups excluding carboxylic acids is 2. The molecule has 0 aliphatic rings. The lowest BCUT2D eigenvalue weighted by Gasteiger charge is -2.10. The Bertz CT molecular complexity index is 717. The predicted molar refractivity (Wildman–Crippen MR) is 82.4 cm³/mol. The van der Waals surface area contributed by atoms with Gasteiger partial charge < -0.3 is 15.4 Å². The zero-order valence-electron chi connectivity index (χ0n) is 12.7. The molecular weight excluding hydrogens is 301 g/mol. The maximum Gasteiger partial charge on any atom is 0.313 e. The minimum absolute atomic E-state index is 0.103. The number of ether oxygens (including phenoxy) is 1. The summed E-state index contributed by atoms with van der Waals surface area (Å²) in [4.78, 5) is 27.7. The molecule has 0 spiro atoms. The van der Waals surface area contributed by atoms with Crippen molar-refractivity contribution in [2.45, 2.75) is 13.5 Å². The molecule has 0 bridgehead atoms. The summed E-state index contributed by atoms with van der Waals surface area (Å²) in [6.45, 7) is 1.92. The second kappa shape index (κ2) is 7.35. The fourth-order valence-electron chi connectivity index (χ4n) is 1.85. The Labute approximate surface area is 132 Å². The summed E-state index contributed by atoms with van der Waals surface area (Å²) in [5.74, 6) is -1.68. The van der Waals surface area contributed by atoms with E-state index in [9.17, 15) is 14.0 Å². The highest BCUT2D eigenvalue weighted by atomic mass is 19.1. The molecule has 2 N–H and O–H groups in total. The number of methoxy groups -OCH3 is 1. The molecule has 120 valence electrons. The van der Waals surface area contributed by atoms with Gasteiger partial charge in [0.1, 0.15) is 5.82 Å². The molecule has 1 heterocycles. The first-order valence-corrected chi connectivity index (χ1v) is 6.85. The SMILES string of the molecule is COc1nc(C)ccc1CNC(=O)C(=O)Nc1ccc(F)cc1. The number of amides is 2. The number of rotatable bonds is 4. The minimum atomic E-state index is -0.837. The summed E-state index contributed by atoms with van der Waals surface area (Å²) in [5.41, 5.74) is 1.77. The van der Waals surface area contributed by atoms with E-state index < -0.39 is 17.6 Å². The van der Waals surface area contributed by atoms with Crippen molar-refractivity contribution in [3.05, 3.63) is 53.5 Å². The minimum Gasteiger partial charge on any atom is -0.481 e. The molecule has 6 nitrogen and oxygen atoms in total. The van der Waals surface area contributed by atoms with Crippen molar-refractivity contribution in [1.29, 1.82) is 0 Å². The second-order valence-corrected chi connectivity index (χ2v) is 4.76. The molecule has 0 aliphatic heterocycles. The molecule has 1 aromatic carbocycles. The van der Waals surface area contributed by atoms with Gasteiger partial charge in [-0.25, -0.2) is 9.37 Å². The van der Waals surface area contributed by atoms with Gasteiger partial charge in [-0.05, 0) is 37.3 Å². The third-order valence-electron chi connectivity index (χ3n) is 3.02. The zero-order chi connectivity index (χ0) is 16.8. The Morgan fingerprint density at radius 2 is 1.83 bits per heavy atom. The average Bonchev–Trinajstić information content (AvgIpc) is 2.55. The molecular formula is C16H16FN3O3. The van der Waals surface area contributed by atoms with Crippen LogP contribution in [-0.4, -0.2) is 23.9 Å². The van der Waals surface area contributed by atoms with Crippen molar-refractivity contribution >= 4 is 17.5 Å². The van der Waals surface area contributed by atoms with Gasteiger partial charge >= 0.3 is 11.8 Å². The largest absolute Gasteiger partial charge is 0.481 e. The van der Waals surface area contributed by atoms with Crippen molar-refractivity contribution in [2.75, 3.05) is 12.4 Å². The van der Waals surface area contributed by atoms with E-state index in [1.807, 2.05) is 6.92 Å². The molecule has 2 amide bonds. The average molecular weight is 317 g/mol. The van der Waals surface area contributed by atoms with Gasteiger partial charge in [-0.3, -0.25) is 9.59 Å². The van der Waals surface area contributed by atoms with Crippen LogP contribution in [0.3, 0.4) is 0 Å². The Morgan fingerprint density at radius 1 is 1.13 bits per heavy atom. The van der Waals surface area contributed by atoms with Gasteiger partial charge in [-0.15, -0.1) is 0 Å². The number of carbonyl (C=O) groups is 2. The summed E-state index contributed by atoms with van der Waals surface area (Å²) in [7, 11) is 1.48. The molecule has 1 aromatic heterocycles. The number of halogens is 1. The normalized spacial score (nSPS) is 10.0. The number of hydrogen-bond acceptors (Lipinski definition) is 4. The van der Waals surface area contributed by atoms with Crippen LogP contribution in [-0.2, 0) is 16.1 Å². The van der Waals surface area contributed by atoms with Crippen LogP contribution in [0.2, 0.25) is 0 Å². The Hall–Kier alpha value is -2.96. The van der Waals surface area contributed by atoms with E-state index >= 15 is 0 Å².